The Labute approximate surface area is 173 Å². The first-order valence-electron chi connectivity index (χ1n) is 10.4. The summed E-state index contributed by atoms with van der Waals surface area (Å²) in [4.78, 5) is 7.02. The van der Waals surface area contributed by atoms with Crippen LogP contribution >= 0.6 is 0 Å². The number of piperidine rings is 1. The van der Waals surface area contributed by atoms with Gasteiger partial charge in [0.1, 0.15) is 6.33 Å². The molecule has 0 amide bonds. The predicted molar refractivity (Wildman–Crippen MR) is 116 cm³/mol. The monoisotopic (exact) mass is 391 g/mol. The highest BCUT2D eigenvalue weighted by Gasteiger charge is 2.30. The van der Waals surface area contributed by atoms with Crippen LogP contribution in [-0.2, 0) is 4.74 Å². The van der Waals surface area contributed by atoms with Crippen molar-refractivity contribution < 1.29 is 6.16 Å². The zero-order valence-corrected chi connectivity index (χ0v) is 16.8. The van der Waals surface area contributed by atoms with Gasteiger partial charge < -0.3 is 10.1 Å². The number of likely N-dealkylation sites (tertiary alicyclic amines) is 1. The van der Waals surface area contributed by atoms with E-state index < -0.39 is 0 Å². The third-order valence-corrected chi connectivity index (χ3v) is 6.01. The van der Waals surface area contributed by atoms with Crippen molar-refractivity contribution in [3.05, 3.63) is 66.0 Å². The van der Waals surface area contributed by atoms with Crippen LogP contribution < -0.4 is 5.32 Å². The molecule has 3 heterocycles. The molecule has 6 nitrogen and oxygen atoms in total. The van der Waals surface area contributed by atoms with Gasteiger partial charge in [-0.2, -0.15) is 4.98 Å². The number of aryl methyl sites for hydroxylation is 1. The lowest BCUT2D eigenvalue weighted by Crippen LogP contribution is -2.51. The standard InChI is InChI=1S/C23H27N5O.H2/c1-17-11-19(18-7-9-27(10-8-18)22-14-29-15-22)13-20(12-17)25-23-24-16-28(26-23)21-5-3-2-4-6-21;/h2-6,11-13,16,18,22H,7-10,14-15H2,1H3,(H,25,26);1H. The maximum Gasteiger partial charge on any atom is 0.246 e. The zero-order chi connectivity index (χ0) is 19.6. The van der Waals surface area contributed by atoms with Crippen molar-refractivity contribution in [2.45, 2.75) is 31.7 Å². The van der Waals surface area contributed by atoms with E-state index in [0.717, 1.165) is 24.6 Å². The van der Waals surface area contributed by atoms with Crippen molar-refractivity contribution in [2.75, 3.05) is 31.6 Å². The molecule has 2 aliphatic rings. The van der Waals surface area contributed by atoms with E-state index in [1.54, 1.807) is 11.0 Å². The number of rotatable bonds is 5. The fourth-order valence-electron chi connectivity index (χ4n) is 4.31. The minimum Gasteiger partial charge on any atom is -0.378 e. The van der Waals surface area contributed by atoms with Gasteiger partial charge in [-0.25, -0.2) is 4.68 Å². The summed E-state index contributed by atoms with van der Waals surface area (Å²) in [7, 11) is 0. The number of aromatic nitrogens is 3. The van der Waals surface area contributed by atoms with E-state index in [-0.39, 0.29) is 1.43 Å². The molecular formula is C23H29N5O. The summed E-state index contributed by atoms with van der Waals surface area (Å²) in [6, 6.07) is 17.4. The molecule has 29 heavy (non-hydrogen) atoms. The highest BCUT2D eigenvalue weighted by atomic mass is 16.5. The normalized spacial score (nSPS) is 18.5. The molecule has 1 N–H and O–H groups in total. The Bertz CT molecular complexity index is 965. The van der Waals surface area contributed by atoms with Gasteiger partial charge in [0.05, 0.1) is 24.9 Å². The molecule has 2 aromatic carbocycles. The summed E-state index contributed by atoms with van der Waals surface area (Å²) in [5, 5.41) is 7.96. The van der Waals surface area contributed by atoms with E-state index >= 15 is 0 Å². The van der Waals surface area contributed by atoms with Gasteiger partial charge in [0.15, 0.2) is 0 Å². The molecule has 0 spiro atoms. The Morgan fingerprint density at radius 2 is 1.86 bits per heavy atom. The van der Waals surface area contributed by atoms with E-state index in [4.69, 9.17) is 4.74 Å². The minimum atomic E-state index is 0. The van der Waals surface area contributed by atoms with Gasteiger partial charge in [0.2, 0.25) is 5.95 Å². The lowest BCUT2D eigenvalue weighted by molar-refractivity contribution is -0.0712. The number of benzene rings is 2. The van der Waals surface area contributed by atoms with Crippen LogP contribution in [0.1, 0.15) is 31.3 Å². The van der Waals surface area contributed by atoms with Crippen molar-refractivity contribution >= 4 is 11.6 Å². The third kappa shape index (κ3) is 4.04. The molecule has 5 rings (SSSR count). The predicted octanol–water partition coefficient (Wildman–Crippen LogP) is 4.14. The van der Waals surface area contributed by atoms with E-state index in [9.17, 15) is 0 Å². The van der Waals surface area contributed by atoms with E-state index in [1.165, 1.54) is 37.1 Å². The Balaban J connectivity index is 0.00000218. The molecule has 0 atom stereocenters. The fourth-order valence-corrected chi connectivity index (χ4v) is 4.31. The Hall–Kier alpha value is -2.70. The quantitative estimate of drug-likeness (QED) is 0.708. The summed E-state index contributed by atoms with van der Waals surface area (Å²) in [5.41, 5.74) is 4.74. The van der Waals surface area contributed by atoms with Gasteiger partial charge in [0.25, 0.3) is 0 Å². The molecule has 152 valence electrons. The summed E-state index contributed by atoms with van der Waals surface area (Å²) in [6.45, 7) is 6.31. The van der Waals surface area contributed by atoms with Crippen LogP contribution in [0.5, 0.6) is 0 Å². The summed E-state index contributed by atoms with van der Waals surface area (Å²) >= 11 is 0. The lowest BCUT2D eigenvalue weighted by atomic mass is 9.87. The average Bonchev–Trinajstić information content (AvgIpc) is 3.16. The van der Waals surface area contributed by atoms with Crippen molar-refractivity contribution in [2.24, 2.45) is 0 Å². The van der Waals surface area contributed by atoms with E-state index in [1.807, 2.05) is 30.3 Å². The molecule has 0 bridgehead atoms. The number of ether oxygens (including phenoxy) is 1. The van der Waals surface area contributed by atoms with Crippen molar-refractivity contribution in [1.29, 1.82) is 0 Å². The van der Waals surface area contributed by atoms with Gasteiger partial charge in [-0.3, -0.25) is 4.90 Å². The number of nitrogens with one attached hydrogen (secondary N) is 1. The average molecular weight is 392 g/mol. The largest absolute Gasteiger partial charge is 0.378 e. The smallest absolute Gasteiger partial charge is 0.246 e. The topological polar surface area (TPSA) is 55.2 Å². The number of hydrogen-bond acceptors (Lipinski definition) is 5. The van der Waals surface area contributed by atoms with Gasteiger partial charge >= 0.3 is 0 Å². The number of nitrogens with zero attached hydrogens (tertiary/aromatic N) is 4. The third-order valence-electron chi connectivity index (χ3n) is 6.01. The van der Waals surface area contributed by atoms with Crippen LogP contribution in [0.4, 0.5) is 11.6 Å². The van der Waals surface area contributed by atoms with Gasteiger partial charge in [-0.05, 0) is 74.2 Å². The molecule has 0 aliphatic carbocycles. The maximum atomic E-state index is 5.35. The van der Waals surface area contributed by atoms with Gasteiger partial charge in [0, 0.05) is 7.11 Å². The van der Waals surface area contributed by atoms with Crippen LogP contribution in [0.2, 0.25) is 0 Å². The molecule has 6 heteroatoms. The second-order valence-corrected chi connectivity index (χ2v) is 8.11. The van der Waals surface area contributed by atoms with Crippen molar-refractivity contribution in [1.82, 2.24) is 19.7 Å². The van der Waals surface area contributed by atoms with Crippen LogP contribution in [-0.4, -0.2) is 52.0 Å². The second-order valence-electron chi connectivity index (χ2n) is 8.11. The number of para-hydroxylation sites is 1. The highest BCUT2D eigenvalue weighted by Crippen LogP contribution is 2.32. The summed E-state index contributed by atoms with van der Waals surface area (Å²) in [5.74, 6) is 1.23. The number of hydrogen-bond donors (Lipinski definition) is 1. The molecule has 2 fully saturated rings. The van der Waals surface area contributed by atoms with Gasteiger partial charge in [-0.1, -0.05) is 24.3 Å². The fraction of sp³-hybridized carbons (Fsp3) is 0.391. The Morgan fingerprint density at radius 3 is 2.59 bits per heavy atom. The van der Waals surface area contributed by atoms with E-state index in [2.05, 4.69) is 45.4 Å². The van der Waals surface area contributed by atoms with Crippen LogP contribution in [0.3, 0.4) is 0 Å². The highest BCUT2D eigenvalue weighted by molar-refractivity contribution is 5.56. The first kappa shape index (κ1) is 18.3. The summed E-state index contributed by atoms with van der Waals surface area (Å²) < 4.78 is 7.14. The van der Waals surface area contributed by atoms with E-state index in [0.29, 0.717) is 17.9 Å². The molecule has 3 aromatic rings. The molecule has 0 saturated carbocycles. The Morgan fingerprint density at radius 1 is 1.07 bits per heavy atom. The lowest BCUT2D eigenvalue weighted by Gasteiger charge is -2.41. The Kier molecular flexibility index (Phi) is 5.04. The summed E-state index contributed by atoms with van der Waals surface area (Å²) in [6.07, 6.45) is 4.16. The van der Waals surface area contributed by atoms with Crippen molar-refractivity contribution in [3.63, 3.8) is 0 Å². The number of anilines is 2. The maximum absolute atomic E-state index is 5.35. The molecule has 1 aromatic heterocycles. The molecule has 0 radical (unpaired) electrons. The minimum absolute atomic E-state index is 0. The first-order valence-corrected chi connectivity index (χ1v) is 10.4. The van der Waals surface area contributed by atoms with Gasteiger partial charge in [-0.15, -0.1) is 5.10 Å². The first-order chi connectivity index (χ1) is 14.2. The second kappa shape index (κ2) is 7.97. The molecule has 0 unspecified atom stereocenters. The SMILES string of the molecule is Cc1cc(Nc2ncn(-c3ccccc3)n2)cc(C2CCN(C3COC3)CC2)c1.[HH]. The van der Waals surface area contributed by atoms with Crippen LogP contribution in [0, 0.1) is 6.92 Å². The zero-order valence-electron chi connectivity index (χ0n) is 16.8. The molecule has 2 aliphatic heterocycles. The molecule has 2 saturated heterocycles. The van der Waals surface area contributed by atoms with Crippen LogP contribution in [0.25, 0.3) is 5.69 Å². The van der Waals surface area contributed by atoms with Crippen molar-refractivity contribution in [3.8, 4) is 5.69 Å². The van der Waals surface area contributed by atoms with Crippen LogP contribution in [0.15, 0.2) is 54.9 Å². The molecular weight excluding hydrogens is 362 g/mol.